The van der Waals surface area contributed by atoms with Crippen molar-refractivity contribution >= 4 is 10.8 Å². The van der Waals surface area contributed by atoms with Crippen LogP contribution in [-0.2, 0) is 0 Å². The van der Waals surface area contributed by atoms with Gasteiger partial charge in [-0.05, 0) is 16.3 Å². The average molecular weight is 221 g/mol. The van der Waals surface area contributed by atoms with Gasteiger partial charge in [-0.3, -0.25) is 0 Å². The molecule has 16 heavy (non-hydrogen) atoms. The van der Waals surface area contributed by atoms with Crippen molar-refractivity contribution in [2.75, 3.05) is 6.54 Å². The van der Waals surface area contributed by atoms with Crippen LogP contribution < -0.4 is 5.73 Å². The zero-order valence-electron chi connectivity index (χ0n) is 8.74. The van der Waals surface area contributed by atoms with Crippen LogP contribution in [-0.4, -0.2) is 13.0 Å². The van der Waals surface area contributed by atoms with E-state index in [-0.39, 0.29) is 6.54 Å². The molecule has 2 aromatic rings. The zero-order chi connectivity index (χ0) is 11.5. The Morgan fingerprint density at radius 3 is 2.38 bits per heavy atom. The number of benzene rings is 2. The van der Waals surface area contributed by atoms with Crippen molar-refractivity contribution < 1.29 is 8.78 Å². The van der Waals surface area contributed by atoms with E-state index in [9.17, 15) is 8.78 Å². The van der Waals surface area contributed by atoms with E-state index in [4.69, 9.17) is 5.73 Å². The van der Waals surface area contributed by atoms with Crippen LogP contribution in [0.1, 0.15) is 11.5 Å². The van der Waals surface area contributed by atoms with E-state index in [0.717, 1.165) is 10.8 Å². The lowest BCUT2D eigenvalue weighted by Crippen LogP contribution is -2.19. The summed E-state index contributed by atoms with van der Waals surface area (Å²) in [7, 11) is 0. The number of nitrogens with two attached hydrogens (primary N) is 1. The summed E-state index contributed by atoms with van der Waals surface area (Å²) in [5.74, 6) is -0.883. The van der Waals surface area contributed by atoms with E-state index >= 15 is 0 Å². The summed E-state index contributed by atoms with van der Waals surface area (Å²) < 4.78 is 25.7. The normalized spacial score (nSPS) is 13.2. The molecule has 2 aromatic carbocycles. The Labute approximate surface area is 92.9 Å². The molecule has 3 heteroatoms. The van der Waals surface area contributed by atoms with Crippen molar-refractivity contribution in [1.82, 2.24) is 0 Å². The lowest BCUT2D eigenvalue weighted by atomic mass is 9.94. The van der Waals surface area contributed by atoms with Crippen LogP contribution in [0.25, 0.3) is 10.8 Å². The third-order valence-electron chi connectivity index (χ3n) is 2.78. The highest BCUT2D eigenvalue weighted by molar-refractivity contribution is 5.86. The molecule has 1 unspecified atom stereocenters. The first-order valence-electron chi connectivity index (χ1n) is 5.20. The number of halogens is 2. The standard InChI is InChI=1S/C13H13F2N/c14-13(15)12(8-16)11-7-3-5-9-4-1-2-6-10(9)11/h1-7,12-13H,8,16H2. The minimum Gasteiger partial charge on any atom is -0.330 e. The molecule has 84 valence electrons. The fourth-order valence-corrected chi connectivity index (χ4v) is 1.94. The molecular formula is C13H13F2N. The summed E-state index contributed by atoms with van der Waals surface area (Å²) >= 11 is 0. The Bertz CT molecular complexity index is 477. The largest absolute Gasteiger partial charge is 0.330 e. The number of hydrogen-bond acceptors (Lipinski definition) is 1. The van der Waals surface area contributed by atoms with Crippen LogP contribution >= 0.6 is 0 Å². The predicted molar refractivity (Wildman–Crippen MR) is 61.7 cm³/mol. The second-order valence-corrected chi connectivity index (χ2v) is 3.75. The number of alkyl halides is 2. The molecule has 2 rings (SSSR count). The van der Waals surface area contributed by atoms with Crippen LogP contribution in [0.2, 0.25) is 0 Å². The Morgan fingerprint density at radius 2 is 1.69 bits per heavy atom. The molecule has 0 saturated carbocycles. The summed E-state index contributed by atoms with van der Waals surface area (Å²) in [6, 6.07) is 13.0. The van der Waals surface area contributed by atoms with Gasteiger partial charge in [0.1, 0.15) is 0 Å². The minimum absolute atomic E-state index is 0.0360. The van der Waals surface area contributed by atoms with Crippen molar-refractivity contribution in [2.24, 2.45) is 5.73 Å². The Kier molecular flexibility index (Phi) is 3.15. The van der Waals surface area contributed by atoms with Crippen molar-refractivity contribution in [1.29, 1.82) is 0 Å². The molecule has 0 saturated heterocycles. The molecule has 1 nitrogen and oxygen atoms in total. The van der Waals surface area contributed by atoms with Crippen LogP contribution in [0.5, 0.6) is 0 Å². The van der Waals surface area contributed by atoms with Crippen LogP contribution in [0.4, 0.5) is 8.78 Å². The maximum atomic E-state index is 12.8. The van der Waals surface area contributed by atoms with Gasteiger partial charge in [-0.25, -0.2) is 8.78 Å². The number of hydrogen-bond donors (Lipinski definition) is 1. The third-order valence-corrected chi connectivity index (χ3v) is 2.78. The number of fused-ring (bicyclic) bond motifs is 1. The molecule has 1 atom stereocenters. The van der Waals surface area contributed by atoms with Gasteiger partial charge in [0.2, 0.25) is 6.43 Å². The van der Waals surface area contributed by atoms with E-state index in [2.05, 4.69) is 0 Å². The monoisotopic (exact) mass is 221 g/mol. The summed E-state index contributed by atoms with van der Waals surface area (Å²) in [5, 5.41) is 1.83. The second kappa shape index (κ2) is 4.58. The van der Waals surface area contributed by atoms with E-state index < -0.39 is 12.3 Å². The molecule has 0 aliphatic heterocycles. The second-order valence-electron chi connectivity index (χ2n) is 3.75. The Morgan fingerprint density at radius 1 is 1.00 bits per heavy atom. The zero-order valence-corrected chi connectivity index (χ0v) is 8.74. The highest BCUT2D eigenvalue weighted by Gasteiger charge is 2.22. The Balaban J connectivity index is 2.59. The fraction of sp³-hybridized carbons (Fsp3) is 0.231. The van der Waals surface area contributed by atoms with Crippen molar-refractivity contribution in [3.63, 3.8) is 0 Å². The van der Waals surface area contributed by atoms with E-state index in [1.165, 1.54) is 0 Å². The molecule has 0 spiro atoms. The fourth-order valence-electron chi connectivity index (χ4n) is 1.94. The van der Waals surface area contributed by atoms with Gasteiger partial charge in [-0.2, -0.15) is 0 Å². The quantitative estimate of drug-likeness (QED) is 0.846. The molecule has 0 bridgehead atoms. The molecule has 0 aromatic heterocycles. The van der Waals surface area contributed by atoms with Gasteiger partial charge in [-0.15, -0.1) is 0 Å². The molecule has 2 N–H and O–H groups in total. The lowest BCUT2D eigenvalue weighted by Gasteiger charge is -2.16. The summed E-state index contributed by atoms with van der Waals surface area (Å²) in [6.07, 6.45) is -2.42. The topological polar surface area (TPSA) is 26.0 Å². The average Bonchev–Trinajstić information content (AvgIpc) is 2.30. The maximum Gasteiger partial charge on any atom is 0.246 e. The highest BCUT2D eigenvalue weighted by atomic mass is 19.3. The minimum atomic E-state index is -2.42. The van der Waals surface area contributed by atoms with E-state index in [1.807, 2.05) is 30.3 Å². The van der Waals surface area contributed by atoms with Crippen LogP contribution in [0.15, 0.2) is 42.5 Å². The smallest absolute Gasteiger partial charge is 0.246 e. The molecule has 0 aliphatic carbocycles. The van der Waals surface area contributed by atoms with Crippen LogP contribution in [0.3, 0.4) is 0 Å². The highest BCUT2D eigenvalue weighted by Crippen LogP contribution is 2.29. The summed E-state index contributed by atoms with van der Waals surface area (Å²) in [5.41, 5.74) is 6.05. The molecular weight excluding hydrogens is 208 g/mol. The van der Waals surface area contributed by atoms with Crippen molar-refractivity contribution in [3.8, 4) is 0 Å². The van der Waals surface area contributed by atoms with Gasteiger partial charge in [-0.1, -0.05) is 42.5 Å². The molecule has 0 fully saturated rings. The van der Waals surface area contributed by atoms with Gasteiger partial charge >= 0.3 is 0 Å². The van der Waals surface area contributed by atoms with Gasteiger partial charge in [0, 0.05) is 6.54 Å². The molecule has 0 radical (unpaired) electrons. The van der Waals surface area contributed by atoms with Crippen molar-refractivity contribution in [3.05, 3.63) is 48.0 Å². The van der Waals surface area contributed by atoms with Gasteiger partial charge in [0.25, 0.3) is 0 Å². The Hall–Kier alpha value is -1.48. The number of rotatable bonds is 3. The molecule has 0 amide bonds. The first-order valence-corrected chi connectivity index (χ1v) is 5.20. The lowest BCUT2D eigenvalue weighted by molar-refractivity contribution is 0.117. The predicted octanol–water partition coefficient (Wildman–Crippen LogP) is 3.15. The third kappa shape index (κ3) is 1.91. The summed E-state index contributed by atoms with van der Waals surface area (Å²) in [4.78, 5) is 0. The SMILES string of the molecule is NCC(c1cccc2ccccc12)C(F)F. The molecule has 0 aliphatic rings. The van der Waals surface area contributed by atoms with Gasteiger partial charge in [0.15, 0.2) is 0 Å². The maximum absolute atomic E-state index is 12.8. The summed E-state index contributed by atoms with van der Waals surface area (Å²) in [6.45, 7) is -0.0360. The van der Waals surface area contributed by atoms with Gasteiger partial charge < -0.3 is 5.73 Å². The molecule has 0 heterocycles. The van der Waals surface area contributed by atoms with E-state index in [0.29, 0.717) is 5.56 Å². The van der Waals surface area contributed by atoms with Gasteiger partial charge in [0.05, 0.1) is 5.92 Å². The van der Waals surface area contributed by atoms with Crippen LogP contribution in [0, 0.1) is 0 Å². The van der Waals surface area contributed by atoms with E-state index in [1.54, 1.807) is 12.1 Å². The van der Waals surface area contributed by atoms with Crippen molar-refractivity contribution in [2.45, 2.75) is 12.3 Å². The first kappa shape index (κ1) is 11.0. The first-order chi connectivity index (χ1) is 7.74.